The minimum absolute atomic E-state index is 0.0190. The van der Waals surface area contributed by atoms with Gasteiger partial charge in [0, 0.05) is 14.7 Å². The fourth-order valence-corrected chi connectivity index (χ4v) is 4.01. The molecule has 0 bridgehead atoms. The molecule has 0 amide bonds. The molecule has 1 unspecified atom stereocenters. The Morgan fingerprint density at radius 2 is 2.00 bits per heavy atom. The molecular formula is C19H18BrNO4S. The van der Waals surface area contributed by atoms with Crippen molar-refractivity contribution >= 4 is 44.2 Å². The van der Waals surface area contributed by atoms with Crippen molar-refractivity contribution in [3.8, 4) is 0 Å². The quantitative estimate of drug-likeness (QED) is 0.416. The maximum atomic E-state index is 12.7. The van der Waals surface area contributed by atoms with Crippen LogP contribution in [0, 0.1) is 19.8 Å². The van der Waals surface area contributed by atoms with Crippen molar-refractivity contribution < 1.29 is 13.9 Å². The number of hydrogen-bond acceptors (Lipinski definition) is 6. The second kappa shape index (κ2) is 7.32. The molecule has 0 aliphatic carbocycles. The lowest BCUT2D eigenvalue weighted by Gasteiger charge is -2.19. The van der Waals surface area contributed by atoms with E-state index in [0.29, 0.717) is 11.0 Å². The molecule has 1 aromatic carbocycles. The Balaban J connectivity index is 1.96. The van der Waals surface area contributed by atoms with Crippen molar-refractivity contribution in [3.63, 3.8) is 0 Å². The summed E-state index contributed by atoms with van der Waals surface area (Å²) in [5.74, 6) is -0.685. The molecule has 26 heavy (non-hydrogen) atoms. The molecule has 0 aliphatic rings. The molecule has 0 aliphatic heterocycles. The SMILES string of the molecule is Cc1nc(C(OC(=O)c2cc3cc(Br)ccc3oc2=O)C(C)C)sc1C. The van der Waals surface area contributed by atoms with Crippen LogP contribution in [0.1, 0.15) is 45.9 Å². The van der Waals surface area contributed by atoms with E-state index in [1.807, 2.05) is 27.7 Å². The van der Waals surface area contributed by atoms with Gasteiger partial charge in [0.05, 0.1) is 5.69 Å². The van der Waals surface area contributed by atoms with Crippen LogP contribution < -0.4 is 5.63 Å². The van der Waals surface area contributed by atoms with Crippen LogP contribution in [0.5, 0.6) is 0 Å². The summed E-state index contributed by atoms with van der Waals surface area (Å²) in [5.41, 5.74) is 0.508. The number of esters is 1. The summed E-state index contributed by atoms with van der Waals surface area (Å²) in [7, 11) is 0. The van der Waals surface area contributed by atoms with Gasteiger partial charge < -0.3 is 9.15 Å². The first-order valence-corrected chi connectivity index (χ1v) is 9.75. The molecule has 0 N–H and O–H groups in total. The van der Waals surface area contributed by atoms with Crippen LogP contribution in [0.3, 0.4) is 0 Å². The summed E-state index contributed by atoms with van der Waals surface area (Å²) >= 11 is 4.87. The van der Waals surface area contributed by atoms with E-state index in [4.69, 9.17) is 9.15 Å². The van der Waals surface area contributed by atoms with Crippen molar-refractivity contribution in [2.45, 2.75) is 33.8 Å². The highest BCUT2D eigenvalue weighted by Gasteiger charge is 2.27. The number of carbonyl (C=O) groups is 1. The van der Waals surface area contributed by atoms with Gasteiger partial charge in [-0.2, -0.15) is 0 Å². The van der Waals surface area contributed by atoms with Crippen LogP contribution in [0.4, 0.5) is 0 Å². The van der Waals surface area contributed by atoms with Gasteiger partial charge >= 0.3 is 11.6 Å². The molecule has 0 fully saturated rings. The van der Waals surface area contributed by atoms with Gasteiger partial charge in [-0.25, -0.2) is 14.6 Å². The highest BCUT2D eigenvalue weighted by atomic mass is 79.9. The fraction of sp³-hybridized carbons (Fsp3) is 0.316. The zero-order valence-electron chi connectivity index (χ0n) is 14.8. The van der Waals surface area contributed by atoms with Gasteiger partial charge in [-0.15, -0.1) is 11.3 Å². The van der Waals surface area contributed by atoms with E-state index in [9.17, 15) is 9.59 Å². The lowest BCUT2D eigenvalue weighted by atomic mass is 10.1. The largest absolute Gasteiger partial charge is 0.451 e. The molecule has 136 valence electrons. The van der Waals surface area contributed by atoms with Crippen LogP contribution >= 0.6 is 27.3 Å². The van der Waals surface area contributed by atoms with Gasteiger partial charge in [0.15, 0.2) is 6.10 Å². The fourth-order valence-electron chi connectivity index (χ4n) is 2.51. The Kier molecular flexibility index (Phi) is 5.29. The van der Waals surface area contributed by atoms with Crippen LogP contribution in [0.25, 0.3) is 11.0 Å². The highest BCUT2D eigenvalue weighted by molar-refractivity contribution is 9.10. The first-order chi connectivity index (χ1) is 12.3. The number of aryl methyl sites for hydroxylation is 2. The number of fused-ring (bicyclic) bond motifs is 1. The van der Waals surface area contributed by atoms with Crippen molar-refractivity contribution in [1.29, 1.82) is 0 Å². The van der Waals surface area contributed by atoms with E-state index in [-0.39, 0.29) is 11.5 Å². The zero-order valence-corrected chi connectivity index (χ0v) is 17.2. The number of thiazole rings is 1. The topological polar surface area (TPSA) is 69.4 Å². The lowest BCUT2D eigenvalue weighted by Crippen LogP contribution is -2.21. The molecule has 3 rings (SSSR count). The average molecular weight is 436 g/mol. The summed E-state index contributed by atoms with van der Waals surface area (Å²) in [6.07, 6.45) is -0.516. The van der Waals surface area contributed by atoms with Crippen molar-refractivity contribution in [1.82, 2.24) is 4.98 Å². The number of ether oxygens (including phenoxy) is 1. The van der Waals surface area contributed by atoms with E-state index in [0.717, 1.165) is 20.1 Å². The monoisotopic (exact) mass is 435 g/mol. The molecule has 2 aromatic heterocycles. The summed E-state index contributed by atoms with van der Waals surface area (Å²) in [4.78, 5) is 30.4. The molecule has 0 saturated heterocycles. The molecule has 1 atom stereocenters. The van der Waals surface area contributed by atoms with Gasteiger partial charge in [-0.3, -0.25) is 0 Å². The van der Waals surface area contributed by atoms with E-state index in [1.165, 1.54) is 17.4 Å². The van der Waals surface area contributed by atoms with Crippen molar-refractivity contribution in [2.75, 3.05) is 0 Å². The predicted octanol–water partition coefficient (Wildman–Crippen LogP) is 5.18. The number of rotatable bonds is 4. The Labute approximate surface area is 163 Å². The smallest absolute Gasteiger partial charge is 0.351 e. The molecule has 7 heteroatoms. The van der Waals surface area contributed by atoms with Gasteiger partial charge in [-0.05, 0) is 44.0 Å². The third-order valence-electron chi connectivity index (χ3n) is 4.04. The van der Waals surface area contributed by atoms with Crippen LogP contribution in [-0.2, 0) is 4.74 Å². The molecule has 5 nitrogen and oxygen atoms in total. The third-order valence-corrected chi connectivity index (χ3v) is 5.67. The van der Waals surface area contributed by atoms with Gasteiger partial charge in [0.2, 0.25) is 0 Å². The molecule has 0 spiro atoms. The van der Waals surface area contributed by atoms with Crippen LogP contribution in [-0.4, -0.2) is 11.0 Å². The normalized spacial score (nSPS) is 12.5. The number of halogens is 1. The van der Waals surface area contributed by atoms with Gasteiger partial charge in [0.25, 0.3) is 0 Å². The lowest BCUT2D eigenvalue weighted by molar-refractivity contribution is 0.0171. The third kappa shape index (κ3) is 3.73. The van der Waals surface area contributed by atoms with Gasteiger partial charge in [0.1, 0.15) is 16.2 Å². The Morgan fingerprint density at radius 3 is 2.62 bits per heavy atom. The summed E-state index contributed by atoms with van der Waals surface area (Å²) in [6, 6.07) is 6.73. The van der Waals surface area contributed by atoms with Crippen LogP contribution in [0.15, 0.2) is 37.9 Å². The molecular weight excluding hydrogens is 418 g/mol. The Bertz CT molecular complexity index is 1020. The molecule has 0 saturated carbocycles. The predicted molar refractivity (Wildman–Crippen MR) is 105 cm³/mol. The van der Waals surface area contributed by atoms with Crippen molar-refractivity contribution in [2.24, 2.45) is 5.92 Å². The highest BCUT2D eigenvalue weighted by Crippen LogP contribution is 2.31. The van der Waals surface area contributed by atoms with Crippen molar-refractivity contribution in [3.05, 3.63) is 60.3 Å². The van der Waals surface area contributed by atoms with E-state index < -0.39 is 17.7 Å². The first-order valence-electron chi connectivity index (χ1n) is 8.14. The molecule has 2 heterocycles. The molecule has 0 radical (unpaired) electrons. The summed E-state index contributed by atoms with van der Waals surface area (Å²) < 4.78 is 11.7. The minimum atomic E-state index is -0.709. The van der Waals surface area contributed by atoms with E-state index in [1.54, 1.807) is 18.2 Å². The standard InChI is InChI=1S/C19H18BrNO4S/c1-9(2)16(17-21-10(3)11(4)26-17)25-19(23)14-8-12-7-13(20)5-6-15(12)24-18(14)22/h5-9,16H,1-4H3. The van der Waals surface area contributed by atoms with E-state index in [2.05, 4.69) is 20.9 Å². The summed E-state index contributed by atoms with van der Waals surface area (Å²) in [5, 5.41) is 1.38. The van der Waals surface area contributed by atoms with E-state index >= 15 is 0 Å². The second-order valence-corrected chi connectivity index (χ2v) is 8.54. The first kappa shape index (κ1) is 18.8. The Morgan fingerprint density at radius 1 is 1.27 bits per heavy atom. The number of carbonyl (C=O) groups excluding carboxylic acids is 1. The maximum Gasteiger partial charge on any atom is 0.351 e. The maximum absolute atomic E-state index is 12.7. The zero-order chi connectivity index (χ0) is 19.0. The summed E-state index contributed by atoms with van der Waals surface area (Å²) in [6.45, 7) is 7.80. The Hall–Kier alpha value is -1.99. The number of hydrogen-bond donors (Lipinski definition) is 0. The molecule has 3 aromatic rings. The number of aromatic nitrogens is 1. The van der Waals surface area contributed by atoms with Crippen LogP contribution in [0.2, 0.25) is 0 Å². The average Bonchev–Trinajstić information content (AvgIpc) is 2.90. The number of nitrogens with zero attached hydrogens (tertiary/aromatic N) is 1. The number of benzene rings is 1. The second-order valence-electron chi connectivity index (χ2n) is 6.39. The minimum Gasteiger partial charge on any atom is -0.451 e. The van der Waals surface area contributed by atoms with Gasteiger partial charge in [-0.1, -0.05) is 29.8 Å².